The SMILES string of the molecule is Cc1cc(OCCn2c(CCNC(=O)COc3ccccc3)nc3ccccc32)cc(C)c1Cl. The topological polar surface area (TPSA) is 65.4 Å². The van der Waals surface area contributed by atoms with Crippen LogP contribution >= 0.6 is 11.6 Å². The maximum Gasteiger partial charge on any atom is 0.257 e. The molecule has 4 rings (SSSR count). The molecular weight excluding hydrogens is 450 g/mol. The summed E-state index contributed by atoms with van der Waals surface area (Å²) in [5.74, 6) is 2.21. The number of imidazole rings is 1. The molecule has 0 spiro atoms. The second kappa shape index (κ2) is 11.1. The predicted octanol–water partition coefficient (Wildman–Crippen LogP) is 5.12. The quantitative estimate of drug-likeness (QED) is 0.344. The zero-order chi connectivity index (χ0) is 23.9. The summed E-state index contributed by atoms with van der Waals surface area (Å²) in [5, 5.41) is 3.68. The van der Waals surface area contributed by atoms with Gasteiger partial charge in [-0.05, 0) is 61.4 Å². The highest BCUT2D eigenvalue weighted by molar-refractivity contribution is 6.32. The fourth-order valence-electron chi connectivity index (χ4n) is 3.84. The van der Waals surface area contributed by atoms with Crippen molar-refractivity contribution in [3.63, 3.8) is 0 Å². The molecule has 0 atom stereocenters. The minimum atomic E-state index is -0.164. The molecule has 0 fully saturated rings. The van der Waals surface area contributed by atoms with Crippen molar-refractivity contribution in [2.24, 2.45) is 0 Å². The molecule has 0 saturated heterocycles. The van der Waals surface area contributed by atoms with Crippen LogP contribution in [0.4, 0.5) is 0 Å². The first-order valence-electron chi connectivity index (χ1n) is 11.3. The van der Waals surface area contributed by atoms with Gasteiger partial charge in [-0.1, -0.05) is 41.9 Å². The van der Waals surface area contributed by atoms with Gasteiger partial charge in [-0.25, -0.2) is 4.98 Å². The van der Waals surface area contributed by atoms with Gasteiger partial charge in [0.25, 0.3) is 5.91 Å². The van der Waals surface area contributed by atoms with E-state index in [2.05, 4.69) is 16.0 Å². The second-order valence-electron chi connectivity index (χ2n) is 8.09. The number of aryl methyl sites for hydroxylation is 2. The van der Waals surface area contributed by atoms with E-state index in [0.717, 1.165) is 38.8 Å². The molecule has 4 aromatic rings. The molecule has 0 bridgehead atoms. The maximum atomic E-state index is 12.2. The van der Waals surface area contributed by atoms with Crippen LogP contribution in [-0.2, 0) is 17.8 Å². The van der Waals surface area contributed by atoms with Gasteiger partial charge in [0.2, 0.25) is 0 Å². The zero-order valence-corrected chi connectivity index (χ0v) is 20.1. The Morgan fingerprint density at radius 2 is 1.68 bits per heavy atom. The van der Waals surface area contributed by atoms with E-state index >= 15 is 0 Å². The summed E-state index contributed by atoms with van der Waals surface area (Å²) < 4.78 is 13.7. The van der Waals surface area contributed by atoms with Crippen LogP contribution < -0.4 is 14.8 Å². The highest BCUT2D eigenvalue weighted by atomic mass is 35.5. The molecule has 1 amide bonds. The van der Waals surface area contributed by atoms with Crippen LogP contribution in [0.15, 0.2) is 66.7 Å². The number of benzene rings is 3. The van der Waals surface area contributed by atoms with Gasteiger partial charge in [-0.15, -0.1) is 0 Å². The highest BCUT2D eigenvalue weighted by Crippen LogP contribution is 2.26. The van der Waals surface area contributed by atoms with Crippen LogP contribution in [0.5, 0.6) is 11.5 Å². The minimum Gasteiger partial charge on any atom is -0.492 e. The van der Waals surface area contributed by atoms with Crippen LogP contribution in [-0.4, -0.2) is 35.2 Å². The number of hydrogen-bond donors (Lipinski definition) is 1. The molecule has 7 heteroatoms. The number of nitrogens with one attached hydrogen (secondary N) is 1. The Kier molecular flexibility index (Phi) is 7.70. The zero-order valence-electron chi connectivity index (χ0n) is 19.4. The van der Waals surface area contributed by atoms with Gasteiger partial charge in [0, 0.05) is 18.0 Å². The summed E-state index contributed by atoms with van der Waals surface area (Å²) in [6, 6.07) is 21.2. The van der Waals surface area contributed by atoms with E-state index in [-0.39, 0.29) is 12.5 Å². The number of carbonyl (C=O) groups excluding carboxylic acids is 1. The van der Waals surface area contributed by atoms with Crippen LogP contribution in [0, 0.1) is 13.8 Å². The van der Waals surface area contributed by atoms with Crippen molar-refractivity contribution in [2.45, 2.75) is 26.8 Å². The summed E-state index contributed by atoms with van der Waals surface area (Å²) in [7, 11) is 0. The van der Waals surface area contributed by atoms with Gasteiger partial charge in [-0.2, -0.15) is 0 Å². The molecular formula is C27H28ClN3O3. The molecule has 0 aliphatic carbocycles. The summed E-state index contributed by atoms with van der Waals surface area (Å²) in [6.45, 7) is 5.53. The molecule has 1 aromatic heterocycles. The Bertz CT molecular complexity index is 1250. The van der Waals surface area contributed by atoms with Crippen molar-refractivity contribution in [1.82, 2.24) is 14.9 Å². The average molecular weight is 478 g/mol. The number of carbonyl (C=O) groups is 1. The van der Waals surface area contributed by atoms with Crippen LogP contribution in [0.1, 0.15) is 17.0 Å². The Balaban J connectivity index is 1.35. The third-order valence-corrected chi connectivity index (χ3v) is 6.11. The molecule has 0 radical (unpaired) electrons. The van der Waals surface area contributed by atoms with Crippen molar-refractivity contribution in [1.29, 1.82) is 0 Å². The van der Waals surface area contributed by atoms with E-state index in [4.69, 9.17) is 26.1 Å². The number of aromatic nitrogens is 2. The van der Waals surface area contributed by atoms with E-state index in [1.165, 1.54) is 0 Å². The molecule has 0 unspecified atom stereocenters. The highest BCUT2D eigenvalue weighted by Gasteiger charge is 2.12. The summed E-state index contributed by atoms with van der Waals surface area (Å²) in [5.41, 5.74) is 3.97. The lowest BCUT2D eigenvalue weighted by Gasteiger charge is -2.13. The fourth-order valence-corrected chi connectivity index (χ4v) is 3.95. The number of hydrogen-bond acceptors (Lipinski definition) is 4. The van der Waals surface area contributed by atoms with Crippen molar-refractivity contribution in [3.8, 4) is 11.5 Å². The molecule has 0 aliphatic heterocycles. The number of fused-ring (bicyclic) bond motifs is 1. The van der Waals surface area contributed by atoms with Crippen molar-refractivity contribution in [3.05, 3.63) is 88.7 Å². The lowest BCUT2D eigenvalue weighted by molar-refractivity contribution is -0.123. The third-order valence-electron chi connectivity index (χ3n) is 5.51. The van der Waals surface area contributed by atoms with E-state index in [9.17, 15) is 4.79 Å². The monoisotopic (exact) mass is 477 g/mol. The Labute approximate surface area is 204 Å². The van der Waals surface area contributed by atoms with Crippen molar-refractivity contribution >= 4 is 28.5 Å². The molecule has 1 N–H and O–H groups in total. The second-order valence-corrected chi connectivity index (χ2v) is 8.47. The summed E-state index contributed by atoms with van der Waals surface area (Å²) >= 11 is 6.27. The summed E-state index contributed by atoms with van der Waals surface area (Å²) in [6.07, 6.45) is 0.602. The lowest BCUT2D eigenvalue weighted by atomic mass is 10.1. The summed E-state index contributed by atoms with van der Waals surface area (Å²) in [4.78, 5) is 17.0. The number of halogens is 1. The number of amides is 1. The fraction of sp³-hybridized carbons (Fsp3) is 0.259. The van der Waals surface area contributed by atoms with E-state index in [1.54, 1.807) is 0 Å². The van der Waals surface area contributed by atoms with Crippen LogP contribution in [0.25, 0.3) is 11.0 Å². The van der Waals surface area contributed by atoms with E-state index < -0.39 is 0 Å². The third kappa shape index (κ3) is 5.88. The van der Waals surface area contributed by atoms with Crippen molar-refractivity contribution < 1.29 is 14.3 Å². The van der Waals surface area contributed by atoms with E-state index in [1.807, 2.05) is 74.5 Å². The van der Waals surface area contributed by atoms with Gasteiger partial charge >= 0.3 is 0 Å². The van der Waals surface area contributed by atoms with E-state index in [0.29, 0.717) is 31.9 Å². The largest absolute Gasteiger partial charge is 0.492 e. The van der Waals surface area contributed by atoms with Gasteiger partial charge in [0.1, 0.15) is 23.9 Å². The number of para-hydroxylation sites is 3. The molecule has 3 aromatic carbocycles. The Hall–Kier alpha value is -3.51. The molecule has 34 heavy (non-hydrogen) atoms. The number of rotatable bonds is 10. The first-order chi connectivity index (χ1) is 16.5. The first-order valence-corrected chi connectivity index (χ1v) is 11.7. The predicted molar refractivity (Wildman–Crippen MR) is 135 cm³/mol. The smallest absolute Gasteiger partial charge is 0.257 e. The van der Waals surface area contributed by atoms with Crippen LogP contribution in [0.3, 0.4) is 0 Å². The van der Waals surface area contributed by atoms with Gasteiger partial charge in [0.05, 0.1) is 17.6 Å². The number of nitrogens with zero attached hydrogens (tertiary/aromatic N) is 2. The molecule has 1 heterocycles. The van der Waals surface area contributed by atoms with Gasteiger partial charge in [0.15, 0.2) is 6.61 Å². The molecule has 0 aliphatic rings. The average Bonchev–Trinajstić information content (AvgIpc) is 3.19. The minimum absolute atomic E-state index is 0.0196. The molecule has 176 valence electrons. The normalized spacial score (nSPS) is 10.9. The maximum absolute atomic E-state index is 12.2. The van der Waals surface area contributed by atoms with Crippen LogP contribution in [0.2, 0.25) is 5.02 Å². The Morgan fingerprint density at radius 1 is 0.971 bits per heavy atom. The first kappa shape index (κ1) is 23.6. The Morgan fingerprint density at radius 3 is 2.44 bits per heavy atom. The van der Waals surface area contributed by atoms with Gasteiger partial charge < -0.3 is 19.4 Å². The lowest BCUT2D eigenvalue weighted by Crippen LogP contribution is -2.31. The standard InChI is InChI=1S/C27H28ClN3O3/c1-19-16-22(17-20(2)27(19)28)33-15-14-31-24-11-7-6-10-23(24)30-25(31)12-13-29-26(32)18-34-21-8-4-3-5-9-21/h3-11,16-17H,12-15,18H2,1-2H3,(H,29,32). The van der Waals surface area contributed by atoms with Gasteiger partial charge in [-0.3, -0.25) is 4.79 Å². The molecule has 6 nitrogen and oxygen atoms in total. The van der Waals surface area contributed by atoms with Crippen molar-refractivity contribution in [2.75, 3.05) is 19.8 Å². The molecule has 0 saturated carbocycles. The number of ether oxygens (including phenoxy) is 2.